The van der Waals surface area contributed by atoms with Crippen molar-refractivity contribution in [1.82, 2.24) is 4.68 Å². The minimum Gasteiger partial charge on any atom is -0.741 e. The quantitative estimate of drug-likeness (QED) is 0.285. The van der Waals surface area contributed by atoms with Crippen LogP contribution < -0.4 is 4.68 Å². The van der Waals surface area contributed by atoms with Crippen LogP contribution >= 0.6 is 0 Å². The summed E-state index contributed by atoms with van der Waals surface area (Å²) in [6.45, 7) is 2.22. The highest BCUT2D eigenvalue weighted by atomic mass is 32.2. The Balaban J connectivity index is 0.000000260. The number of halogens is 3. The van der Waals surface area contributed by atoms with E-state index in [4.69, 9.17) is 17.7 Å². The van der Waals surface area contributed by atoms with Crippen molar-refractivity contribution in [1.29, 1.82) is 0 Å². The summed E-state index contributed by atoms with van der Waals surface area (Å²) in [5, 5.41) is 0. The van der Waals surface area contributed by atoms with Gasteiger partial charge in [-0.15, -0.1) is 4.68 Å². The normalized spacial score (nSPS) is 12.7. The molecule has 0 saturated carbocycles. The number of esters is 1. The summed E-state index contributed by atoms with van der Waals surface area (Å²) in [5.74, 6) is -0.264. The smallest absolute Gasteiger partial charge is 0.485 e. The van der Waals surface area contributed by atoms with E-state index in [9.17, 15) is 18.0 Å². The molecule has 11 heteroatoms. The van der Waals surface area contributed by atoms with Crippen molar-refractivity contribution in [2.75, 3.05) is 6.61 Å². The molecular weight excluding hydrogens is 377 g/mol. The van der Waals surface area contributed by atoms with E-state index in [1.54, 1.807) is 0 Å². The number of aromatic nitrogens is 2. The second kappa shape index (κ2) is 7.08. The second-order valence-electron chi connectivity index (χ2n) is 5.28. The molecule has 3 rings (SSSR count). The number of carbonyl (C=O) groups is 1. The zero-order valence-corrected chi connectivity index (χ0v) is 14.6. The molecule has 0 amide bonds. The minimum absolute atomic E-state index is 0.264. The first-order chi connectivity index (χ1) is 12.0. The monoisotopic (exact) mass is 392 g/mol. The summed E-state index contributed by atoms with van der Waals surface area (Å²) < 4.78 is 67.9. The van der Waals surface area contributed by atoms with Gasteiger partial charge in [-0.05, 0) is 18.6 Å². The number of hydrogen-bond donors (Lipinski definition) is 0. The van der Waals surface area contributed by atoms with Gasteiger partial charge in [-0.1, -0.05) is 22.9 Å². The highest BCUT2D eigenvalue weighted by Crippen LogP contribution is 2.26. The number of rotatable bonds is 2. The van der Waals surface area contributed by atoms with Gasteiger partial charge in [0.15, 0.2) is 17.2 Å². The number of para-hydroxylation sites is 1. The first kappa shape index (κ1) is 19.9. The Hall–Kier alpha value is -2.40. The summed E-state index contributed by atoms with van der Waals surface area (Å²) in [6, 6.07) is 10.2. The molecule has 0 aliphatic carbocycles. The van der Waals surface area contributed by atoms with Crippen molar-refractivity contribution in [3.63, 3.8) is 0 Å². The van der Waals surface area contributed by atoms with Crippen LogP contribution in [0.4, 0.5) is 13.2 Å². The number of carbonyl (C=O) groups excluding carboxylic acids is 1. The lowest BCUT2D eigenvalue weighted by molar-refractivity contribution is -0.746. The molecular formula is C15H15F3N2O5S. The van der Waals surface area contributed by atoms with Gasteiger partial charge in [0.1, 0.15) is 5.69 Å². The number of nitrogens with zero attached hydrogens (tertiary/aromatic N) is 2. The molecule has 0 atom stereocenters. The van der Waals surface area contributed by atoms with Crippen molar-refractivity contribution < 1.29 is 40.4 Å². The molecule has 2 aromatic rings. The second-order valence-corrected chi connectivity index (χ2v) is 6.65. The lowest BCUT2D eigenvalue weighted by Gasteiger charge is -2.08. The van der Waals surface area contributed by atoms with Crippen molar-refractivity contribution in [3.05, 3.63) is 47.3 Å². The summed E-state index contributed by atoms with van der Waals surface area (Å²) in [7, 11) is -4.20. The van der Waals surface area contributed by atoms with E-state index in [1.165, 1.54) is 5.56 Å². The van der Waals surface area contributed by atoms with E-state index in [0.717, 1.165) is 17.8 Å². The van der Waals surface area contributed by atoms with Crippen LogP contribution in [0.5, 0.6) is 0 Å². The van der Waals surface area contributed by atoms with Crippen LogP contribution in [0.25, 0.3) is 5.69 Å². The van der Waals surface area contributed by atoms with E-state index < -0.39 is 15.6 Å². The van der Waals surface area contributed by atoms with Crippen LogP contribution in [0.2, 0.25) is 0 Å². The predicted octanol–water partition coefficient (Wildman–Crippen LogP) is 1.43. The summed E-state index contributed by atoms with van der Waals surface area (Å²) in [4.78, 5) is 11.8. The van der Waals surface area contributed by atoms with Crippen molar-refractivity contribution >= 4 is 16.1 Å². The molecule has 1 aromatic heterocycles. The predicted molar refractivity (Wildman–Crippen MR) is 81.5 cm³/mol. The Labute approximate surface area is 147 Å². The van der Waals surface area contributed by atoms with E-state index in [2.05, 4.69) is 16.8 Å². The Morgan fingerprint density at radius 2 is 1.92 bits per heavy atom. The molecule has 1 aliphatic heterocycles. The summed E-state index contributed by atoms with van der Waals surface area (Å²) in [6.07, 6.45) is 0.865. The average Bonchev–Trinajstić information content (AvgIpc) is 3.03. The fraction of sp³-hybridized carbons (Fsp3) is 0.333. The molecule has 0 radical (unpaired) electrons. The molecule has 2 heterocycles. The van der Waals surface area contributed by atoms with Gasteiger partial charge < -0.3 is 9.29 Å². The molecule has 7 nitrogen and oxygen atoms in total. The van der Waals surface area contributed by atoms with E-state index >= 15 is 0 Å². The van der Waals surface area contributed by atoms with Crippen LogP contribution in [0.3, 0.4) is 0 Å². The van der Waals surface area contributed by atoms with Gasteiger partial charge in [0, 0.05) is 12.5 Å². The average molecular weight is 392 g/mol. The van der Waals surface area contributed by atoms with Gasteiger partial charge >= 0.3 is 17.2 Å². The largest absolute Gasteiger partial charge is 0.741 e. The molecule has 0 N–H and O–H groups in total. The van der Waals surface area contributed by atoms with E-state index in [-0.39, 0.29) is 5.97 Å². The lowest BCUT2D eigenvalue weighted by atomic mass is 10.1. The summed E-state index contributed by atoms with van der Waals surface area (Å²) in [5.41, 5.74) is -1.49. The van der Waals surface area contributed by atoms with Gasteiger partial charge in [-0.2, -0.15) is 13.2 Å². The highest BCUT2D eigenvalue weighted by Gasteiger charge is 2.37. The zero-order chi connectivity index (χ0) is 19.7. The number of ether oxygens (including phenoxy) is 1. The lowest BCUT2D eigenvalue weighted by Crippen LogP contribution is -2.43. The maximum Gasteiger partial charge on any atom is 0.485 e. The Morgan fingerprint density at radius 1 is 1.35 bits per heavy atom. The topological polar surface area (TPSA) is 92.3 Å². The first-order valence-electron chi connectivity index (χ1n) is 7.35. The highest BCUT2D eigenvalue weighted by molar-refractivity contribution is 7.86. The number of hydrogen-bond acceptors (Lipinski definition) is 5. The van der Waals surface area contributed by atoms with Crippen LogP contribution in [0.1, 0.15) is 28.7 Å². The fourth-order valence-corrected chi connectivity index (χ4v) is 2.51. The van der Waals surface area contributed by atoms with Crippen LogP contribution in [-0.4, -0.2) is 35.7 Å². The fourth-order valence-electron chi connectivity index (χ4n) is 2.51. The first-order valence-corrected chi connectivity index (χ1v) is 8.76. The number of alkyl halides is 3. The molecule has 0 fully saturated rings. The van der Waals surface area contributed by atoms with E-state index in [1.807, 2.05) is 36.9 Å². The third-order valence-corrected chi connectivity index (χ3v) is 4.15. The zero-order valence-electron chi connectivity index (χ0n) is 13.8. The molecule has 142 valence electrons. The molecule has 1 aliphatic rings. The number of fused-ring (bicyclic) bond motifs is 3. The molecule has 0 bridgehead atoms. The third kappa shape index (κ3) is 3.88. The van der Waals surface area contributed by atoms with E-state index in [0.29, 0.717) is 12.3 Å². The minimum atomic E-state index is -6.09. The Bertz CT molecular complexity index is 935. The molecule has 0 saturated heterocycles. The van der Waals surface area contributed by atoms with Gasteiger partial charge in [0.05, 0.1) is 12.3 Å². The molecule has 0 spiro atoms. The molecule has 0 unspecified atom stereocenters. The SMILES string of the molecule is CCOC(=O)c1cc2n([n+]1C)-c1ccccc1C2.O=S(=O)([O-])C(F)(F)F. The van der Waals surface area contributed by atoms with Crippen molar-refractivity contribution in [2.45, 2.75) is 18.9 Å². The Morgan fingerprint density at radius 3 is 2.46 bits per heavy atom. The third-order valence-electron chi connectivity index (χ3n) is 3.58. The molecule has 26 heavy (non-hydrogen) atoms. The van der Waals surface area contributed by atoms with Crippen LogP contribution in [0.15, 0.2) is 30.3 Å². The van der Waals surface area contributed by atoms with Crippen LogP contribution in [0, 0.1) is 0 Å². The Kier molecular flexibility index (Phi) is 5.42. The summed E-state index contributed by atoms with van der Waals surface area (Å²) >= 11 is 0. The van der Waals surface area contributed by atoms with Crippen molar-refractivity contribution in [3.8, 4) is 5.69 Å². The van der Waals surface area contributed by atoms with Gasteiger partial charge in [0.25, 0.3) is 0 Å². The number of benzene rings is 1. The van der Waals surface area contributed by atoms with Gasteiger partial charge in [0.2, 0.25) is 0 Å². The molecule has 1 aromatic carbocycles. The van der Waals surface area contributed by atoms with Gasteiger partial charge in [-0.25, -0.2) is 13.2 Å². The van der Waals surface area contributed by atoms with Crippen LogP contribution in [-0.2, 0) is 28.3 Å². The van der Waals surface area contributed by atoms with Gasteiger partial charge in [-0.3, -0.25) is 0 Å². The van der Waals surface area contributed by atoms with Crippen molar-refractivity contribution in [2.24, 2.45) is 7.05 Å². The maximum absolute atomic E-state index is 11.8. The maximum atomic E-state index is 11.8. The standard InChI is InChI=1S/C14H15N2O2.CHF3O3S/c1-3-18-14(17)13-9-11-8-10-6-4-5-7-12(10)16(11)15(13)2;2-1(3,4)8(5,6)7/h4-7,9H,3,8H2,1-2H3;(H,5,6,7)/q+1;/p-1.